The minimum absolute atomic E-state index is 0.0129. The van der Waals surface area contributed by atoms with Gasteiger partial charge in [0.2, 0.25) is 15.9 Å². The minimum atomic E-state index is -3.94. The number of benzene rings is 2. The lowest BCUT2D eigenvalue weighted by Gasteiger charge is -2.27. The Morgan fingerprint density at radius 3 is 2.00 bits per heavy atom. The van der Waals surface area contributed by atoms with Crippen molar-refractivity contribution in [3.8, 4) is 0 Å². The van der Waals surface area contributed by atoms with Gasteiger partial charge in [-0.25, -0.2) is 8.42 Å². The molecule has 30 heavy (non-hydrogen) atoms. The molecule has 0 spiro atoms. The molecule has 2 rings (SSSR count). The predicted molar refractivity (Wildman–Crippen MR) is 123 cm³/mol. The van der Waals surface area contributed by atoms with Crippen molar-refractivity contribution >= 4 is 39.1 Å². The molecular formula is C22H28Cl2N2O3S. The van der Waals surface area contributed by atoms with Crippen LogP contribution in [-0.4, -0.2) is 43.2 Å². The summed E-state index contributed by atoms with van der Waals surface area (Å²) in [7, 11) is -3.94. The van der Waals surface area contributed by atoms with E-state index in [4.69, 9.17) is 23.2 Å². The number of hydrogen-bond acceptors (Lipinski definition) is 3. The van der Waals surface area contributed by atoms with Crippen LogP contribution in [0.15, 0.2) is 35.2 Å². The summed E-state index contributed by atoms with van der Waals surface area (Å²) >= 11 is 12.1. The number of sulfonamides is 1. The largest absolute Gasteiger partial charge is 0.342 e. The molecule has 0 aromatic heterocycles. The summed E-state index contributed by atoms with van der Waals surface area (Å²) < 4.78 is 28.6. The Morgan fingerprint density at radius 2 is 1.50 bits per heavy atom. The van der Waals surface area contributed by atoms with Gasteiger partial charge in [-0.05, 0) is 63.4 Å². The normalized spacial score (nSPS) is 11.7. The topological polar surface area (TPSA) is 57.7 Å². The van der Waals surface area contributed by atoms with Crippen molar-refractivity contribution in [2.45, 2.75) is 46.1 Å². The zero-order valence-electron chi connectivity index (χ0n) is 18.0. The number of carbonyl (C=O) groups is 1. The summed E-state index contributed by atoms with van der Waals surface area (Å²) in [5, 5.41) is 0.726. The van der Waals surface area contributed by atoms with Crippen LogP contribution in [0, 0.1) is 20.8 Å². The van der Waals surface area contributed by atoms with Crippen LogP contribution < -0.4 is 0 Å². The first-order valence-electron chi connectivity index (χ1n) is 9.80. The van der Waals surface area contributed by atoms with Crippen LogP contribution in [0.2, 0.25) is 10.0 Å². The van der Waals surface area contributed by atoms with Gasteiger partial charge in [0.05, 0.1) is 21.5 Å². The van der Waals surface area contributed by atoms with Crippen molar-refractivity contribution in [3.63, 3.8) is 0 Å². The SMILES string of the molecule is CCN(CC)C(=O)CN(Cc1ccc(Cl)c(Cl)c1)S(=O)(=O)c1c(C)cc(C)cc1C. The third-order valence-electron chi connectivity index (χ3n) is 4.97. The number of rotatable bonds is 8. The Hall–Kier alpha value is -1.60. The second kappa shape index (κ2) is 10.1. The highest BCUT2D eigenvalue weighted by atomic mass is 35.5. The second-order valence-corrected chi connectivity index (χ2v) is 10.0. The fourth-order valence-corrected chi connectivity index (χ4v) is 5.71. The number of amides is 1. The number of hydrogen-bond donors (Lipinski definition) is 0. The monoisotopic (exact) mass is 470 g/mol. The predicted octanol–water partition coefficient (Wildman–Crippen LogP) is 4.98. The molecule has 0 heterocycles. The van der Waals surface area contributed by atoms with E-state index in [1.807, 2.05) is 32.9 Å². The highest BCUT2D eigenvalue weighted by Gasteiger charge is 2.31. The fraction of sp³-hybridized carbons (Fsp3) is 0.409. The molecule has 5 nitrogen and oxygen atoms in total. The minimum Gasteiger partial charge on any atom is -0.342 e. The molecule has 0 unspecified atom stereocenters. The van der Waals surface area contributed by atoms with Crippen LogP contribution in [0.1, 0.15) is 36.1 Å². The van der Waals surface area contributed by atoms with Gasteiger partial charge in [0.1, 0.15) is 0 Å². The zero-order chi connectivity index (χ0) is 22.6. The van der Waals surface area contributed by atoms with Crippen LogP contribution in [0.5, 0.6) is 0 Å². The van der Waals surface area contributed by atoms with E-state index in [1.165, 1.54) is 4.31 Å². The van der Waals surface area contributed by atoms with Crippen LogP contribution in [0.3, 0.4) is 0 Å². The lowest BCUT2D eigenvalue weighted by Crippen LogP contribution is -2.42. The standard InChI is InChI=1S/C22H28Cl2N2O3S/c1-6-25(7-2)21(27)14-26(13-18-8-9-19(23)20(24)12-18)30(28,29)22-16(4)10-15(3)11-17(22)5/h8-12H,6-7,13-14H2,1-5H3. The number of carbonyl (C=O) groups excluding carboxylic acids is 1. The second-order valence-electron chi connectivity index (χ2n) is 7.32. The van der Waals surface area contributed by atoms with Gasteiger partial charge in [-0.3, -0.25) is 4.79 Å². The van der Waals surface area contributed by atoms with E-state index in [2.05, 4.69) is 0 Å². The molecular weight excluding hydrogens is 443 g/mol. The first-order valence-corrected chi connectivity index (χ1v) is 12.0. The molecule has 0 aliphatic carbocycles. The van der Waals surface area contributed by atoms with E-state index in [9.17, 15) is 13.2 Å². The Labute approximate surface area is 189 Å². The summed E-state index contributed by atoms with van der Waals surface area (Å²) in [6.45, 7) is 9.99. The van der Waals surface area contributed by atoms with Gasteiger partial charge in [0, 0.05) is 19.6 Å². The summed E-state index contributed by atoms with van der Waals surface area (Å²) in [5.41, 5.74) is 2.95. The molecule has 0 bridgehead atoms. The summed E-state index contributed by atoms with van der Waals surface area (Å²) in [5.74, 6) is -0.244. The van der Waals surface area contributed by atoms with E-state index < -0.39 is 10.0 Å². The van der Waals surface area contributed by atoms with Gasteiger partial charge in [0.25, 0.3) is 0 Å². The number of nitrogens with zero attached hydrogens (tertiary/aromatic N) is 2. The van der Waals surface area contributed by atoms with Gasteiger partial charge >= 0.3 is 0 Å². The number of halogens is 2. The quantitative estimate of drug-likeness (QED) is 0.546. The summed E-state index contributed by atoms with van der Waals surface area (Å²) in [4.78, 5) is 14.7. The zero-order valence-corrected chi connectivity index (χ0v) is 20.3. The van der Waals surface area contributed by atoms with E-state index in [0.717, 1.165) is 5.56 Å². The summed E-state index contributed by atoms with van der Waals surface area (Å²) in [6.07, 6.45) is 0. The van der Waals surface area contributed by atoms with Gasteiger partial charge in [-0.1, -0.05) is 47.0 Å². The van der Waals surface area contributed by atoms with E-state index in [-0.39, 0.29) is 23.9 Å². The Bertz CT molecular complexity index is 1010. The fourth-order valence-electron chi connectivity index (χ4n) is 3.60. The molecule has 0 N–H and O–H groups in total. The first-order chi connectivity index (χ1) is 14.0. The molecule has 164 valence electrons. The number of likely N-dealkylation sites (N-methyl/N-ethyl adjacent to an activating group) is 1. The molecule has 0 radical (unpaired) electrons. The van der Waals surface area contributed by atoms with Crippen molar-refractivity contribution in [1.82, 2.24) is 9.21 Å². The smallest absolute Gasteiger partial charge is 0.244 e. The Kier molecular flexibility index (Phi) is 8.34. The molecule has 0 saturated heterocycles. The van der Waals surface area contributed by atoms with Crippen molar-refractivity contribution in [3.05, 3.63) is 62.6 Å². The Morgan fingerprint density at radius 1 is 0.933 bits per heavy atom. The number of aryl methyl sites for hydroxylation is 3. The maximum absolute atomic E-state index is 13.7. The average molecular weight is 471 g/mol. The molecule has 0 saturated carbocycles. The van der Waals surface area contributed by atoms with Gasteiger partial charge in [-0.15, -0.1) is 0 Å². The van der Waals surface area contributed by atoms with Gasteiger partial charge < -0.3 is 4.90 Å². The highest BCUT2D eigenvalue weighted by molar-refractivity contribution is 7.89. The van der Waals surface area contributed by atoms with Crippen LogP contribution in [0.4, 0.5) is 0 Å². The van der Waals surface area contributed by atoms with Crippen LogP contribution in [-0.2, 0) is 21.4 Å². The summed E-state index contributed by atoms with van der Waals surface area (Å²) in [6, 6.07) is 8.64. The molecule has 8 heteroatoms. The van der Waals surface area contributed by atoms with Crippen molar-refractivity contribution < 1.29 is 13.2 Å². The van der Waals surface area contributed by atoms with E-state index in [0.29, 0.717) is 39.8 Å². The van der Waals surface area contributed by atoms with E-state index in [1.54, 1.807) is 36.9 Å². The molecule has 0 aliphatic heterocycles. The maximum atomic E-state index is 13.7. The molecule has 2 aromatic carbocycles. The maximum Gasteiger partial charge on any atom is 0.244 e. The molecule has 1 amide bonds. The lowest BCUT2D eigenvalue weighted by molar-refractivity contribution is -0.131. The molecule has 0 atom stereocenters. The molecule has 2 aromatic rings. The van der Waals surface area contributed by atoms with Gasteiger partial charge in [0.15, 0.2) is 0 Å². The lowest BCUT2D eigenvalue weighted by atomic mass is 10.1. The molecule has 0 aliphatic rings. The van der Waals surface area contributed by atoms with Gasteiger partial charge in [-0.2, -0.15) is 4.31 Å². The van der Waals surface area contributed by atoms with Crippen molar-refractivity contribution in [2.75, 3.05) is 19.6 Å². The Balaban J connectivity index is 2.53. The third kappa shape index (κ3) is 5.55. The first kappa shape index (κ1) is 24.7. The average Bonchev–Trinajstić information content (AvgIpc) is 2.64. The molecule has 0 fully saturated rings. The van der Waals surface area contributed by atoms with Crippen molar-refractivity contribution in [2.24, 2.45) is 0 Å². The highest BCUT2D eigenvalue weighted by Crippen LogP contribution is 2.28. The third-order valence-corrected chi connectivity index (χ3v) is 7.81. The van der Waals surface area contributed by atoms with Crippen molar-refractivity contribution in [1.29, 1.82) is 0 Å². The van der Waals surface area contributed by atoms with Crippen LogP contribution >= 0.6 is 23.2 Å². The van der Waals surface area contributed by atoms with E-state index >= 15 is 0 Å². The van der Waals surface area contributed by atoms with Crippen LogP contribution in [0.25, 0.3) is 0 Å².